The van der Waals surface area contributed by atoms with E-state index in [-0.39, 0.29) is 12.1 Å². The first kappa shape index (κ1) is 15.7. The highest BCUT2D eigenvalue weighted by atomic mass is 35.5. The summed E-state index contributed by atoms with van der Waals surface area (Å²) in [5.41, 5.74) is 2.79. The average molecular weight is 333 g/mol. The lowest BCUT2D eigenvalue weighted by molar-refractivity contribution is 0.0374. The normalized spacial score (nSPS) is 17.4. The molecule has 0 N–H and O–H groups in total. The van der Waals surface area contributed by atoms with Crippen molar-refractivity contribution >= 4 is 23.4 Å². The fourth-order valence-corrected chi connectivity index (χ4v) is 2.92. The van der Waals surface area contributed by atoms with E-state index in [4.69, 9.17) is 16.5 Å². The highest BCUT2D eigenvalue weighted by Gasteiger charge is 2.38. The van der Waals surface area contributed by atoms with Crippen molar-refractivity contribution in [1.29, 1.82) is 0 Å². The number of hydrogen-bond donors (Lipinski definition) is 0. The van der Waals surface area contributed by atoms with Crippen LogP contribution >= 0.6 is 11.8 Å². The topological polar surface area (TPSA) is 58.6 Å². The quantitative estimate of drug-likeness (QED) is 0.636. The molecule has 1 atom stereocenters. The third kappa shape index (κ3) is 2.75. The van der Waals surface area contributed by atoms with Gasteiger partial charge in [-0.3, -0.25) is 5.01 Å². The number of carbonyl (C=O) groups excluding carboxylic acids is 1. The number of hydrogen-bond acceptors (Lipinski definition) is 6. The van der Waals surface area contributed by atoms with Crippen LogP contribution in [0, 0.1) is 0 Å². The molecule has 0 saturated carbocycles. The first-order valence-electron chi connectivity index (χ1n) is 7.29. The predicted molar refractivity (Wildman–Crippen MR) is 87.0 cm³/mol. The highest BCUT2D eigenvalue weighted by molar-refractivity contribution is 6.15. The van der Waals surface area contributed by atoms with Gasteiger partial charge < -0.3 is 4.74 Å². The maximum atomic E-state index is 12.4. The zero-order valence-corrected chi connectivity index (χ0v) is 13.9. The molecule has 0 fully saturated rings. The van der Waals surface area contributed by atoms with Crippen molar-refractivity contribution in [2.45, 2.75) is 26.0 Å². The molecule has 1 aliphatic rings. The second-order valence-electron chi connectivity index (χ2n) is 5.55. The van der Waals surface area contributed by atoms with E-state index in [2.05, 4.69) is 9.97 Å². The number of benzene rings is 1. The number of rotatable bonds is 3. The van der Waals surface area contributed by atoms with Crippen LogP contribution < -0.4 is 5.01 Å². The molecule has 0 amide bonds. The zero-order chi connectivity index (χ0) is 16.6. The van der Waals surface area contributed by atoms with E-state index in [1.54, 1.807) is 13.8 Å². The molecule has 1 aromatic carbocycles. The van der Waals surface area contributed by atoms with Crippen LogP contribution in [-0.4, -0.2) is 33.6 Å². The van der Waals surface area contributed by atoms with Crippen molar-refractivity contribution < 1.29 is 9.53 Å². The highest BCUT2D eigenvalue weighted by Crippen LogP contribution is 2.43. The molecule has 3 rings (SSSR count). The molecular formula is C16H17ClN4O2. The molecule has 2 heterocycles. The van der Waals surface area contributed by atoms with Crippen molar-refractivity contribution in [3.05, 3.63) is 53.6 Å². The van der Waals surface area contributed by atoms with Crippen molar-refractivity contribution in [3.63, 3.8) is 0 Å². The van der Waals surface area contributed by atoms with Crippen LogP contribution in [-0.2, 0) is 4.74 Å². The Labute approximate surface area is 139 Å². The molecule has 6 nitrogen and oxygen atoms in total. The number of anilines is 1. The maximum absolute atomic E-state index is 12.4. The first-order chi connectivity index (χ1) is 11.0. The fraction of sp³-hybridized carbons (Fsp3) is 0.312. The second kappa shape index (κ2) is 6.14. The summed E-state index contributed by atoms with van der Waals surface area (Å²) in [5, 5.41) is 1.82. The molecule has 0 aliphatic carbocycles. The number of carbonyl (C=O) groups is 1. The minimum atomic E-state index is -0.451. The molecule has 23 heavy (non-hydrogen) atoms. The Bertz CT molecular complexity index is 738. The van der Waals surface area contributed by atoms with Crippen LogP contribution in [0.3, 0.4) is 0 Å². The van der Waals surface area contributed by atoms with E-state index in [0.29, 0.717) is 11.3 Å². The van der Waals surface area contributed by atoms with Crippen LogP contribution in [0.1, 0.15) is 41.5 Å². The van der Waals surface area contributed by atoms with Crippen LogP contribution in [0.5, 0.6) is 0 Å². The fourth-order valence-electron chi connectivity index (χ4n) is 2.64. The first-order valence-corrected chi connectivity index (χ1v) is 7.63. The Balaban J connectivity index is 2.08. The molecule has 2 aromatic rings. The number of para-hydroxylation sites is 1. The molecule has 7 heteroatoms. The van der Waals surface area contributed by atoms with Gasteiger partial charge in [0.2, 0.25) is 0 Å². The molecule has 0 saturated heterocycles. The van der Waals surface area contributed by atoms with Gasteiger partial charge in [0.15, 0.2) is 0 Å². The van der Waals surface area contributed by atoms with Gasteiger partial charge in [-0.15, -0.1) is 4.53 Å². The summed E-state index contributed by atoms with van der Waals surface area (Å²) in [6.45, 7) is 3.60. The largest absolute Gasteiger partial charge is 0.459 e. The second-order valence-corrected chi connectivity index (χ2v) is 5.90. The summed E-state index contributed by atoms with van der Waals surface area (Å²) in [6.07, 6.45) is 2.66. The zero-order valence-electron chi connectivity index (χ0n) is 13.1. The number of aromatic nitrogens is 2. The van der Waals surface area contributed by atoms with Gasteiger partial charge in [0, 0.05) is 30.6 Å². The lowest BCUT2D eigenvalue weighted by Crippen LogP contribution is -2.30. The molecule has 0 bridgehead atoms. The molecule has 1 unspecified atom stereocenters. The van der Waals surface area contributed by atoms with E-state index in [9.17, 15) is 4.79 Å². The Morgan fingerprint density at radius 3 is 2.83 bits per heavy atom. The van der Waals surface area contributed by atoms with Crippen molar-refractivity contribution in [1.82, 2.24) is 14.5 Å². The van der Waals surface area contributed by atoms with Gasteiger partial charge in [0.25, 0.3) is 0 Å². The minimum absolute atomic E-state index is 0.221. The van der Waals surface area contributed by atoms with E-state index in [1.165, 1.54) is 17.1 Å². The molecular weight excluding hydrogens is 316 g/mol. The Hall–Kier alpha value is -2.18. The Morgan fingerprint density at radius 1 is 1.35 bits per heavy atom. The third-order valence-corrected chi connectivity index (χ3v) is 4.07. The summed E-state index contributed by atoms with van der Waals surface area (Å²) in [7, 11) is 1.86. The molecule has 1 aliphatic heterocycles. The molecule has 120 valence electrons. The van der Waals surface area contributed by atoms with Crippen LogP contribution in [0.4, 0.5) is 5.69 Å². The van der Waals surface area contributed by atoms with E-state index < -0.39 is 5.97 Å². The number of esters is 1. The Morgan fingerprint density at radius 2 is 2.09 bits per heavy atom. The minimum Gasteiger partial charge on any atom is -0.459 e. The van der Waals surface area contributed by atoms with Gasteiger partial charge in [-0.05, 0) is 19.9 Å². The summed E-state index contributed by atoms with van der Waals surface area (Å²) in [4.78, 5) is 20.6. The monoisotopic (exact) mass is 332 g/mol. The van der Waals surface area contributed by atoms with Gasteiger partial charge >= 0.3 is 5.97 Å². The predicted octanol–water partition coefficient (Wildman–Crippen LogP) is 2.95. The van der Waals surface area contributed by atoms with Gasteiger partial charge in [-0.25, -0.2) is 14.8 Å². The van der Waals surface area contributed by atoms with E-state index in [0.717, 1.165) is 11.3 Å². The number of halogens is 1. The SMILES string of the molecule is CC(C)OC(=O)c1cncnc1C1c2ccccc2N(C)N1Cl. The lowest BCUT2D eigenvalue weighted by atomic mass is 10.0. The summed E-state index contributed by atoms with van der Waals surface area (Å²) in [6, 6.07) is 7.44. The smallest absolute Gasteiger partial charge is 0.341 e. The lowest BCUT2D eigenvalue weighted by Gasteiger charge is -2.24. The van der Waals surface area contributed by atoms with Crippen LogP contribution in [0.15, 0.2) is 36.8 Å². The molecule has 1 aromatic heterocycles. The van der Waals surface area contributed by atoms with Crippen LogP contribution in [0.2, 0.25) is 0 Å². The standard InChI is InChI=1S/C16H17ClN4O2/c1-10(2)23-16(22)12-8-18-9-19-14(12)15-11-6-4-5-7-13(11)20(3)21(15)17/h4-10,15H,1-3H3. The van der Waals surface area contributed by atoms with Gasteiger partial charge in [-0.2, -0.15) is 0 Å². The molecule has 0 radical (unpaired) electrons. The van der Waals surface area contributed by atoms with E-state index in [1.807, 2.05) is 36.3 Å². The average Bonchev–Trinajstić information content (AvgIpc) is 2.79. The number of hydrazine groups is 1. The number of nitrogens with zero attached hydrogens (tertiary/aromatic N) is 4. The third-order valence-electron chi connectivity index (χ3n) is 3.64. The summed E-state index contributed by atoms with van der Waals surface area (Å²) < 4.78 is 6.82. The van der Waals surface area contributed by atoms with Gasteiger partial charge in [-0.1, -0.05) is 18.2 Å². The van der Waals surface area contributed by atoms with E-state index >= 15 is 0 Å². The number of ether oxygens (including phenoxy) is 1. The van der Waals surface area contributed by atoms with Crippen molar-refractivity contribution in [2.24, 2.45) is 0 Å². The van der Waals surface area contributed by atoms with Gasteiger partial charge in [0.1, 0.15) is 17.9 Å². The molecule has 0 spiro atoms. The Kier molecular flexibility index (Phi) is 4.19. The number of fused-ring (bicyclic) bond motifs is 1. The van der Waals surface area contributed by atoms with Crippen molar-refractivity contribution in [2.75, 3.05) is 12.1 Å². The maximum Gasteiger partial charge on any atom is 0.341 e. The van der Waals surface area contributed by atoms with Crippen molar-refractivity contribution in [3.8, 4) is 0 Å². The van der Waals surface area contributed by atoms with Gasteiger partial charge in [0.05, 0.1) is 17.5 Å². The summed E-state index contributed by atoms with van der Waals surface area (Å²) in [5.74, 6) is -0.451. The summed E-state index contributed by atoms with van der Waals surface area (Å²) >= 11 is 6.46. The van der Waals surface area contributed by atoms with Crippen LogP contribution in [0.25, 0.3) is 0 Å².